The molecule has 2 saturated heterocycles. The highest BCUT2D eigenvalue weighted by Gasteiger charge is 2.44. The normalized spacial score (nSPS) is 23.0. The van der Waals surface area contributed by atoms with Gasteiger partial charge >= 0.3 is 0 Å². The molecule has 3 heterocycles. The lowest BCUT2D eigenvalue weighted by molar-refractivity contribution is -0.134. The highest BCUT2D eigenvalue weighted by molar-refractivity contribution is 5.96. The van der Waals surface area contributed by atoms with Crippen molar-refractivity contribution >= 4 is 11.8 Å². The molecule has 2 aromatic carbocycles. The predicted octanol–water partition coefficient (Wildman–Crippen LogP) is 4.45. The maximum Gasteiger partial charge on any atom is 0.290 e. The summed E-state index contributed by atoms with van der Waals surface area (Å²) in [6.07, 6.45) is 1.39. The van der Waals surface area contributed by atoms with Gasteiger partial charge in [-0.3, -0.25) is 9.59 Å². The van der Waals surface area contributed by atoms with E-state index in [0.717, 1.165) is 12.0 Å². The zero-order valence-electron chi connectivity index (χ0n) is 19.8. The third-order valence-electron chi connectivity index (χ3n) is 7.25. The van der Waals surface area contributed by atoms with Crippen LogP contribution in [0.25, 0.3) is 0 Å². The highest BCUT2D eigenvalue weighted by atomic mass is 19.1. The van der Waals surface area contributed by atoms with E-state index in [1.165, 1.54) is 17.7 Å². The number of carbonyl (C=O) groups is 2. The highest BCUT2D eigenvalue weighted by Crippen LogP contribution is 2.36. The fourth-order valence-corrected chi connectivity index (χ4v) is 5.29. The minimum Gasteiger partial charge on any atom is -0.454 e. The van der Waals surface area contributed by atoms with Crippen LogP contribution in [0.1, 0.15) is 65.1 Å². The van der Waals surface area contributed by atoms with E-state index in [9.17, 15) is 14.0 Å². The second-order valence-corrected chi connectivity index (χ2v) is 9.63. The summed E-state index contributed by atoms with van der Waals surface area (Å²) < 4.78 is 19.2. The van der Waals surface area contributed by atoms with Gasteiger partial charge in [0.25, 0.3) is 5.91 Å². The Balaban J connectivity index is 1.38. The van der Waals surface area contributed by atoms with Crippen molar-refractivity contribution < 1.29 is 18.4 Å². The first-order valence-corrected chi connectivity index (χ1v) is 12.2. The van der Waals surface area contributed by atoms with E-state index < -0.39 is 6.04 Å². The van der Waals surface area contributed by atoms with Crippen molar-refractivity contribution in [1.29, 1.82) is 0 Å². The van der Waals surface area contributed by atoms with E-state index in [1.54, 1.807) is 36.1 Å². The lowest BCUT2D eigenvalue weighted by atomic mass is 9.96. The Labute approximate surface area is 204 Å². The molecule has 4 unspecified atom stereocenters. The second kappa shape index (κ2) is 9.66. The Kier molecular flexibility index (Phi) is 6.43. The second-order valence-electron chi connectivity index (χ2n) is 9.63. The van der Waals surface area contributed by atoms with Crippen LogP contribution in [0, 0.1) is 5.82 Å². The zero-order valence-corrected chi connectivity index (χ0v) is 19.8. The summed E-state index contributed by atoms with van der Waals surface area (Å²) in [6.45, 7) is 3.45. The number of rotatable bonds is 5. The van der Waals surface area contributed by atoms with Gasteiger partial charge < -0.3 is 20.0 Å². The van der Waals surface area contributed by atoms with Crippen LogP contribution in [-0.4, -0.2) is 47.3 Å². The average Bonchev–Trinajstić information content (AvgIpc) is 3.64. The Morgan fingerprint density at radius 1 is 0.971 bits per heavy atom. The number of furan rings is 1. The molecule has 0 bridgehead atoms. The summed E-state index contributed by atoms with van der Waals surface area (Å²) in [7, 11) is 0. The van der Waals surface area contributed by atoms with Crippen molar-refractivity contribution in [3.05, 3.63) is 95.2 Å². The SMILES string of the molecule is CC(N)c1ccc(C(=O)N2CC(c3ccc(F)cc3)CC2C(=O)N2CCC(c3ccccc3)C2)o1. The molecule has 6 nitrogen and oxygen atoms in total. The standard InChI is InChI=1S/C28H30FN3O3/c1-18(30)25-11-12-26(35-25)28(34)32-17-22(20-7-9-23(29)10-8-20)15-24(32)27(33)31-14-13-21(16-31)19-5-3-2-4-6-19/h2-12,18,21-22,24H,13-17,30H2,1H3. The third-order valence-corrected chi connectivity index (χ3v) is 7.25. The molecule has 2 aliphatic heterocycles. The van der Waals surface area contributed by atoms with Gasteiger partial charge in [0.05, 0.1) is 6.04 Å². The Bertz CT molecular complexity index is 1190. The Morgan fingerprint density at radius 3 is 2.37 bits per heavy atom. The largest absolute Gasteiger partial charge is 0.454 e. The molecule has 2 amide bonds. The van der Waals surface area contributed by atoms with Gasteiger partial charge in [0.2, 0.25) is 5.91 Å². The van der Waals surface area contributed by atoms with Gasteiger partial charge in [0, 0.05) is 31.5 Å². The van der Waals surface area contributed by atoms with Crippen molar-refractivity contribution in [2.45, 2.75) is 43.7 Å². The van der Waals surface area contributed by atoms with Crippen LogP contribution in [0.5, 0.6) is 0 Å². The number of halogens is 1. The van der Waals surface area contributed by atoms with Gasteiger partial charge in [0.15, 0.2) is 5.76 Å². The predicted molar refractivity (Wildman–Crippen MR) is 130 cm³/mol. The summed E-state index contributed by atoms with van der Waals surface area (Å²) in [5.74, 6) is 0.254. The van der Waals surface area contributed by atoms with Crippen molar-refractivity contribution in [2.75, 3.05) is 19.6 Å². The molecule has 0 saturated carbocycles. The fourth-order valence-electron chi connectivity index (χ4n) is 5.29. The van der Waals surface area contributed by atoms with Crippen molar-refractivity contribution in [1.82, 2.24) is 9.80 Å². The number of nitrogens with two attached hydrogens (primary N) is 1. The van der Waals surface area contributed by atoms with E-state index >= 15 is 0 Å². The summed E-state index contributed by atoms with van der Waals surface area (Å²) in [5, 5.41) is 0. The van der Waals surface area contributed by atoms with Gasteiger partial charge in [-0.15, -0.1) is 0 Å². The maximum absolute atomic E-state index is 13.7. The molecule has 4 atom stereocenters. The molecule has 2 aliphatic rings. The number of hydrogen-bond donors (Lipinski definition) is 1. The van der Waals surface area contributed by atoms with Crippen molar-refractivity contribution in [3.8, 4) is 0 Å². The molecular formula is C28H30FN3O3. The van der Waals surface area contributed by atoms with Gasteiger partial charge in [0.1, 0.15) is 17.6 Å². The van der Waals surface area contributed by atoms with E-state index in [1.807, 2.05) is 23.1 Å². The number of likely N-dealkylation sites (tertiary alicyclic amines) is 2. The first kappa shape index (κ1) is 23.3. The maximum atomic E-state index is 13.7. The van der Waals surface area contributed by atoms with Gasteiger partial charge in [-0.1, -0.05) is 42.5 Å². The molecule has 35 heavy (non-hydrogen) atoms. The quantitative estimate of drug-likeness (QED) is 0.591. The van der Waals surface area contributed by atoms with Crippen LogP contribution < -0.4 is 5.73 Å². The molecule has 1 aromatic heterocycles. The topological polar surface area (TPSA) is 79.8 Å². The molecule has 0 radical (unpaired) electrons. The number of benzene rings is 2. The molecule has 2 fully saturated rings. The van der Waals surface area contributed by atoms with Gasteiger partial charge in [-0.25, -0.2) is 4.39 Å². The molecule has 5 rings (SSSR count). The molecule has 182 valence electrons. The molecule has 0 spiro atoms. The zero-order chi connectivity index (χ0) is 24.5. The van der Waals surface area contributed by atoms with Crippen molar-refractivity contribution in [3.63, 3.8) is 0 Å². The molecule has 0 aliphatic carbocycles. The first-order chi connectivity index (χ1) is 16.9. The first-order valence-electron chi connectivity index (χ1n) is 12.2. The molecule has 7 heteroatoms. The summed E-state index contributed by atoms with van der Waals surface area (Å²) in [6, 6.07) is 18.9. The van der Waals surface area contributed by atoms with Crippen LogP contribution >= 0.6 is 0 Å². The number of hydrogen-bond acceptors (Lipinski definition) is 4. The number of nitrogens with zero attached hydrogens (tertiary/aromatic N) is 2. The number of carbonyl (C=O) groups excluding carboxylic acids is 2. The van der Waals surface area contributed by atoms with E-state index in [-0.39, 0.29) is 41.3 Å². The minimum absolute atomic E-state index is 0.0413. The van der Waals surface area contributed by atoms with Crippen LogP contribution in [0.3, 0.4) is 0 Å². The van der Waals surface area contributed by atoms with E-state index in [0.29, 0.717) is 31.8 Å². The van der Waals surface area contributed by atoms with Crippen LogP contribution in [0.4, 0.5) is 4.39 Å². The van der Waals surface area contributed by atoms with Gasteiger partial charge in [-0.2, -0.15) is 0 Å². The summed E-state index contributed by atoms with van der Waals surface area (Å²) >= 11 is 0. The Hall–Kier alpha value is -3.45. The monoisotopic (exact) mass is 475 g/mol. The van der Waals surface area contributed by atoms with E-state index in [4.69, 9.17) is 10.2 Å². The van der Waals surface area contributed by atoms with Crippen LogP contribution in [-0.2, 0) is 4.79 Å². The lowest BCUT2D eigenvalue weighted by Gasteiger charge is -2.27. The van der Waals surface area contributed by atoms with Crippen molar-refractivity contribution in [2.24, 2.45) is 5.73 Å². The summed E-state index contributed by atoms with van der Waals surface area (Å²) in [4.78, 5) is 30.7. The Morgan fingerprint density at radius 2 is 1.69 bits per heavy atom. The molecular weight excluding hydrogens is 445 g/mol. The van der Waals surface area contributed by atoms with Gasteiger partial charge in [-0.05, 0) is 55.2 Å². The molecule has 3 aromatic rings. The van der Waals surface area contributed by atoms with Crippen LogP contribution in [0.2, 0.25) is 0 Å². The smallest absolute Gasteiger partial charge is 0.290 e. The van der Waals surface area contributed by atoms with E-state index in [2.05, 4.69) is 12.1 Å². The number of amides is 2. The third kappa shape index (κ3) is 4.73. The lowest BCUT2D eigenvalue weighted by Crippen LogP contribution is -2.47. The summed E-state index contributed by atoms with van der Waals surface area (Å²) in [5.41, 5.74) is 8.04. The van der Waals surface area contributed by atoms with Crippen LogP contribution in [0.15, 0.2) is 71.1 Å². The minimum atomic E-state index is -0.601. The molecule has 2 N–H and O–H groups in total. The average molecular weight is 476 g/mol. The fraction of sp³-hybridized carbons (Fsp3) is 0.357.